The Morgan fingerprint density at radius 2 is 1.58 bits per heavy atom. The maximum atomic E-state index is 4.99. The van der Waals surface area contributed by atoms with Crippen LogP contribution in [0, 0.1) is 13.8 Å². The number of nitrogens with one attached hydrogen (secondary N) is 1. The summed E-state index contributed by atoms with van der Waals surface area (Å²) in [5, 5.41) is 1.38. The first kappa shape index (κ1) is 19.9. The van der Waals surface area contributed by atoms with Crippen molar-refractivity contribution in [1.29, 1.82) is 0 Å². The van der Waals surface area contributed by atoms with Gasteiger partial charge < -0.3 is 9.88 Å². The van der Waals surface area contributed by atoms with Gasteiger partial charge in [-0.3, -0.25) is 0 Å². The van der Waals surface area contributed by atoms with E-state index in [2.05, 4.69) is 90.6 Å². The molecular weight excluding hydrogens is 378 g/mol. The molecule has 1 aliphatic rings. The molecule has 4 aromatic rings. The zero-order valence-corrected chi connectivity index (χ0v) is 18.6. The number of benzene rings is 2. The van der Waals surface area contributed by atoms with Crippen molar-refractivity contribution in [2.24, 2.45) is 0 Å². The third kappa shape index (κ3) is 3.97. The van der Waals surface area contributed by atoms with E-state index in [1.54, 1.807) is 0 Å². The number of H-pyrrole nitrogens is 1. The van der Waals surface area contributed by atoms with Crippen molar-refractivity contribution in [2.75, 3.05) is 18.0 Å². The van der Waals surface area contributed by atoms with Crippen LogP contribution >= 0.6 is 0 Å². The van der Waals surface area contributed by atoms with E-state index in [1.807, 2.05) is 0 Å². The first-order chi connectivity index (χ1) is 15.2. The third-order valence-electron chi connectivity index (χ3n) is 6.98. The molecule has 0 bridgehead atoms. The Bertz CT molecular complexity index is 1150. The molecule has 1 saturated heterocycles. The van der Waals surface area contributed by atoms with E-state index in [-0.39, 0.29) is 0 Å². The molecule has 1 fully saturated rings. The Morgan fingerprint density at radius 1 is 0.903 bits per heavy atom. The number of aromatic amines is 1. The van der Waals surface area contributed by atoms with Crippen LogP contribution < -0.4 is 4.90 Å². The summed E-state index contributed by atoms with van der Waals surface area (Å²) < 4.78 is 0. The molecule has 158 valence electrons. The van der Waals surface area contributed by atoms with E-state index >= 15 is 0 Å². The van der Waals surface area contributed by atoms with Gasteiger partial charge in [0.2, 0.25) is 0 Å². The second kappa shape index (κ2) is 8.58. The fourth-order valence-electron chi connectivity index (χ4n) is 5.06. The van der Waals surface area contributed by atoms with Crippen molar-refractivity contribution in [3.8, 4) is 0 Å². The lowest BCUT2D eigenvalue weighted by Gasteiger charge is -2.33. The quantitative estimate of drug-likeness (QED) is 0.416. The smallest absolute Gasteiger partial charge is 0.152 e. The van der Waals surface area contributed by atoms with Crippen molar-refractivity contribution in [3.05, 3.63) is 94.8 Å². The summed E-state index contributed by atoms with van der Waals surface area (Å²) in [6.45, 7) is 6.54. The Morgan fingerprint density at radius 3 is 2.29 bits per heavy atom. The molecule has 1 aliphatic heterocycles. The van der Waals surface area contributed by atoms with Gasteiger partial charge in [0.25, 0.3) is 0 Å². The Hall–Kier alpha value is -3.07. The van der Waals surface area contributed by atoms with Crippen LogP contribution in [-0.2, 0) is 12.8 Å². The first-order valence-corrected chi connectivity index (χ1v) is 11.5. The predicted molar refractivity (Wildman–Crippen MR) is 130 cm³/mol. The van der Waals surface area contributed by atoms with Crippen molar-refractivity contribution in [2.45, 2.75) is 45.4 Å². The molecule has 3 nitrogen and oxygen atoms in total. The minimum atomic E-state index is 0.658. The summed E-state index contributed by atoms with van der Waals surface area (Å²) >= 11 is 0. The monoisotopic (exact) mass is 409 g/mol. The van der Waals surface area contributed by atoms with Crippen LogP contribution in [0.3, 0.4) is 0 Å². The highest BCUT2D eigenvalue weighted by Gasteiger charge is 2.24. The molecule has 1 N–H and O–H groups in total. The van der Waals surface area contributed by atoms with Gasteiger partial charge in [-0.1, -0.05) is 60.7 Å². The number of aryl methyl sites for hydroxylation is 4. The first-order valence-electron chi connectivity index (χ1n) is 11.5. The zero-order chi connectivity index (χ0) is 21.2. The normalized spacial score (nSPS) is 15.0. The molecule has 2 aromatic heterocycles. The number of piperidine rings is 1. The Balaban J connectivity index is 1.39. The minimum absolute atomic E-state index is 0.658. The van der Waals surface area contributed by atoms with E-state index < -0.39 is 0 Å². The van der Waals surface area contributed by atoms with Gasteiger partial charge in [-0.25, -0.2) is 4.98 Å². The maximum absolute atomic E-state index is 4.99. The highest BCUT2D eigenvalue weighted by molar-refractivity contribution is 5.95. The molecule has 0 unspecified atom stereocenters. The van der Waals surface area contributed by atoms with Crippen molar-refractivity contribution < 1.29 is 0 Å². The molecule has 0 radical (unpaired) electrons. The van der Waals surface area contributed by atoms with E-state index in [0.29, 0.717) is 5.92 Å². The van der Waals surface area contributed by atoms with Crippen LogP contribution in [0.4, 0.5) is 5.82 Å². The van der Waals surface area contributed by atoms with Gasteiger partial charge in [0.15, 0.2) is 5.82 Å². The van der Waals surface area contributed by atoms with Crippen LogP contribution in [-0.4, -0.2) is 23.1 Å². The SMILES string of the molecule is Cc1[nH]c2c(N3CCC(c4ccccc4)CC3)ncc(CCc3ccccc3)c2c1C. The molecule has 2 aromatic carbocycles. The van der Waals surface area contributed by atoms with E-state index in [0.717, 1.165) is 31.7 Å². The highest BCUT2D eigenvalue weighted by Crippen LogP contribution is 2.35. The van der Waals surface area contributed by atoms with Crippen LogP contribution in [0.1, 0.15) is 46.7 Å². The van der Waals surface area contributed by atoms with Gasteiger partial charge in [0.1, 0.15) is 0 Å². The van der Waals surface area contributed by atoms with Gasteiger partial charge in [-0.15, -0.1) is 0 Å². The van der Waals surface area contributed by atoms with Crippen molar-refractivity contribution in [3.63, 3.8) is 0 Å². The number of rotatable bonds is 5. The van der Waals surface area contributed by atoms with E-state index in [1.165, 1.54) is 51.7 Å². The topological polar surface area (TPSA) is 31.9 Å². The summed E-state index contributed by atoms with van der Waals surface area (Å²) in [4.78, 5) is 11.1. The summed E-state index contributed by atoms with van der Waals surface area (Å²) in [5.74, 6) is 1.78. The molecule has 0 amide bonds. The average Bonchev–Trinajstić information content (AvgIpc) is 3.13. The molecule has 3 heterocycles. The number of hydrogen-bond donors (Lipinski definition) is 1. The van der Waals surface area contributed by atoms with Crippen LogP contribution in [0.15, 0.2) is 66.9 Å². The van der Waals surface area contributed by atoms with Gasteiger partial charge in [-0.2, -0.15) is 0 Å². The van der Waals surface area contributed by atoms with Gasteiger partial charge >= 0.3 is 0 Å². The average molecular weight is 410 g/mol. The highest BCUT2D eigenvalue weighted by atomic mass is 15.2. The van der Waals surface area contributed by atoms with E-state index in [9.17, 15) is 0 Å². The summed E-state index contributed by atoms with van der Waals surface area (Å²) in [6.07, 6.45) is 6.55. The number of fused-ring (bicyclic) bond motifs is 1. The fraction of sp³-hybridized carbons (Fsp3) is 0.321. The maximum Gasteiger partial charge on any atom is 0.152 e. The van der Waals surface area contributed by atoms with Crippen molar-refractivity contribution in [1.82, 2.24) is 9.97 Å². The van der Waals surface area contributed by atoms with Gasteiger partial charge in [0.05, 0.1) is 5.52 Å². The second-order valence-corrected chi connectivity index (χ2v) is 8.89. The molecule has 0 atom stereocenters. The number of nitrogens with zero attached hydrogens (tertiary/aromatic N) is 2. The third-order valence-corrected chi connectivity index (χ3v) is 6.98. The fourth-order valence-corrected chi connectivity index (χ4v) is 5.06. The minimum Gasteiger partial charge on any atom is -0.355 e. The molecule has 5 rings (SSSR count). The second-order valence-electron chi connectivity index (χ2n) is 8.89. The summed E-state index contributed by atoms with van der Waals surface area (Å²) in [6, 6.07) is 21.7. The van der Waals surface area contributed by atoms with Crippen LogP contribution in [0.5, 0.6) is 0 Å². The van der Waals surface area contributed by atoms with Gasteiger partial charge in [-0.05, 0) is 67.7 Å². The largest absolute Gasteiger partial charge is 0.355 e. The number of pyridine rings is 1. The molecule has 0 saturated carbocycles. The summed E-state index contributed by atoms with van der Waals surface area (Å²) in [5.41, 5.74) is 8.04. The Labute approximate surface area is 185 Å². The lowest BCUT2D eigenvalue weighted by molar-refractivity contribution is 0.503. The van der Waals surface area contributed by atoms with Crippen LogP contribution in [0.2, 0.25) is 0 Å². The molecule has 0 spiro atoms. The molecule has 3 heteroatoms. The number of anilines is 1. The Kier molecular flexibility index (Phi) is 5.50. The molecule has 0 aliphatic carbocycles. The molecular formula is C28H31N3. The van der Waals surface area contributed by atoms with Gasteiger partial charge in [0, 0.05) is 30.4 Å². The van der Waals surface area contributed by atoms with Crippen molar-refractivity contribution >= 4 is 16.7 Å². The lowest BCUT2D eigenvalue weighted by Crippen LogP contribution is -2.33. The number of hydrogen-bond acceptors (Lipinski definition) is 2. The predicted octanol–water partition coefficient (Wildman–Crippen LogP) is 6.35. The molecule has 31 heavy (non-hydrogen) atoms. The zero-order valence-electron chi connectivity index (χ0n) is 18.6. The van der Waals surface area contributed by atoms with E-state index in [4.69, 9.17) is 4.98 Å². The standard InChI is InChI=1S/C28H31N3/c1-20-21(2)30-27-26(20)25(14-13-22-9-5-3-6-10-22)19-29-28(27)31-17-15-24(16-18-31)23-11-7-4-8-12-23/h3-12,19,24,30H,13-18H2,1-2H3. The number of aromatic nitrogens is 2. The summed E-state index contributed by atoms with van der Waals surface area (Å²) in [7, 11) is 0. The van der Waals surface area contributed by atoms with Crippen LogP contribution in [0.25, 0.3) is 10.9 Å². The lowest BCUT2D eigenvalue weighted by atomic mass is 9.89.